The van der Waals surface area contributed by atoms with Crippen molar-refractivity contribution in [2.45, 2.75) is 210 Å². The summed E-state index contributed by atoms with van der Waals surface area (Å²) in [4.78, 5) is 0. The van der Waals surface area contributed by atoms with Crippen LogP contribution in [0.1, 0.15) is 166 Å². The number of hydrogen-bond acceptors (Lipinski definition) is 8. The molecule has 352 valence electrons. The molecule has 16 N–H and O–H groups in total. The first-order chi connectivity index (χ1) is 16.0. The average molecular weight is 1940 g/mol. The van der Waals surface area contributed by atoms with Crippen molar-refractivity contribution in [1.82, 2.24) is 0 Å². The molecule has 0 spiro atoms. The summed E-state index contributed by atoms with van der Waals surface area (Å²) in [5.41, 5.74) is 42.8. The SMILES string of the molecule is CC(C)(C)N.CC(C)(C)N.CC(C)(C)N.CC(C)(C)N.CC(C)(C)N.CC(C)(C)N.CC(C)(C)N.CC(C)(C)N.[S-2].[S-2].[S-2].[S-2].[S-2].[S-2].[S-2].[S-2].[W+2].[W+2].[W].[W].[W].[W]. The van der Waals surface area contributed by atoms with Crippen molar-refractivity contribution < 1.29 is 126 Å². The molecule has 0 saturated carbocycles. The van der Waals surface area contributed by atoms with Crippen molar-refractivity contribution >= 4 is 108 Å². The van der Waals surface area contributed by atoms with Gasteiger partial charge in [-0.15, -0.1) is 0 Å². The van der Waals surface area contributed by atoms with E-state index >= 15 is 0 Å². The second kappa shape index (κ2) is 68.7. The molecule has 0 fully saturated rings. The molecule has 0 aliphatic heterocycles. The number of rotatable bonds is 0. The summed E-state index contributed by atoms with van der Waals surface area (Å²) in [5.74, 6) is 0. The quantitative estimate of drug-likeness (QED) is 0.146. The van der Waals surface area contributed by atoms with Crippen molar-refractivity contribution in [3.05, 3.63) is 0 Å². The summed E-state index contributed by atoms with van der Waals surface area (Å²) in [7, 11) is 0. The van der Waals surface area contributed by atoms with Crippen LogP contribution in [0.3, 0.4) is 0 Å². The molecule has 0 aromatic carbocycles. The minimum atomic E-state index is 0. The Labute approximate surface area is 484 Å². The predicted octanol–water partition coefficient (Wildman–Crippen LogP) is 5.91. The molecule has 8 nitrogen and oxygen atoms in total. The fourth-order valence-electron chi connectivity index (χ4n) is 0. The third-order valence-corrected chi connectivity index (χ3v) is 0. The summed E-state index contributed by atoms with van der Waals surface area (Å²) < 4.78 is 0. The van der Waals surface area contributed by atoms with Crippen molar-refractivity contribution in [2.75, 3.05) is 0 Å². The third kappa shape index (κ3) is 4450. The molecule has 54 heavy (non-hydrogen) atoms. The van der Waals surface area contributed by atoms with Gasteiger partial charge in [0.1, 0.15) is 0 Å². The van der Waals surface area contributed by atoms with Crippen LogP contribution >= 0.6 is 0 Å². The van der Waals surface area contributed by atoms with E-state index in [1.807, 2.05) is 166 Å². The number of nitrogens with two attached hydrogens (primary N) is 8. The number of hydrogen-bond donors (Lipinski definition) is 8. The van der Waals surface area contributed by atoms with Gasteiger partial charge in [-0.1, -0.05) is 0 Å². The van der Waals surface area contributed by atoms with Gasteiger partial charge < -0.3 is 154 Å². The largest absolute Gasteiger partial charge is 2.00 e. The van der Waals surface area contributed by atoms with E-state index in [0.29, 0.717) is 0 Å². The van der Waals surface area contributed by atoms with E-state index in [4.69, 9.17) is 45.9 Å². The van der Waals surface area contributed by atoms with Crippen LogP contribution in [0.15, 0.2) is 0 Å². The van der Waals surface area contributed by atoms with E-state index in [2.05, 4.69) is 0 Å². The van der Waals surface area contributed by atoms with Gasteiger partial charge in [-0.05, 0) is 166 Å². The molecule has 0 atom stereocenters. The van der Waals surface area contributed by atoms with Gasteiger partial charge in [-0.25, -0.2) is 0 Å². The zero-order valence-corrected chi connectivity index (χ0v) is 62.5. The van der Waals surface area contributed by atoms with Crippen LogP contribution in [-0.2, 0) is 234 Å². The molecule has 0 unspecified atom stereocenters. The molecule has 0 heterocycles. The first kappa shape index (κ1) is 144. The van der Waals surface area contributed by atoms with Crippen LogP contribution in [0.5, 0.6) is 0 Å². The van der Waals surface area contributed by atoms with Gasteiger partial charge in [0.2, 0.25) is 0 Å². The fraction of sp³-hybridized carbons (Fsp3) is 1.00. The van der Waals surface area contributed by atoms with Gasteiger partial charge >= 0.3 is 42.1 Å². The van der Waals surface area contributed by atoms with E-state index < -0.39 is 0 Å². The summed E-state index contributed by atoms with van der Waals surface area (Å²) >= 11 is 0. The van der Waals surface area contributed by atoms with Gasteiger partial charge in [-0.2, -0.15) is 0 Å². The zero-order chi connectivity index (χ0) is 36.0. The van der Waals surface area contributed by atoms with Crippen molar-refractivity contribution in [2.24, 2.45) is 45.9 Å². The van der Waals surface area contributed by atoms with Gasteiger partial charge in [0.15, 0.2) is 0 Å². The molecular formula is C32H88N8S8W6-12. The minimum absolute atomic E-state index is 0. The van der Waals surface area contributed by atoms with Crippen molar-refractivity contribution in [1.29, 1.82) is 0 Å². The molecule has 0 bridgehead atoms. The summed E-state index contributed by atoms with van der Waals surface area (Å²) in [6, 6.07) is 0. The Morgan fingerprint density at radius 3 is 0.167 bits per heavy atom. The molecule has 0 aromatic heterocycles. The second-order valence-corrected chi connectivity index (χ2v) is 18.9. The molecule has 0 aliphatic carbocycles. The van der Waals surface area contributed by atoms with Crippen molar-refractivity contribution in [3.8, 4) is 0 Å². The smallest absolute Gasteiger partial charge is 2.00 e. The predicted molar refractivity (Wildman–Crippen MR) is 250 cm³/mol. The maximum absolute atomic E-state index is 5.35. The van der Waals surface area contributed by atoms with Crippen LogP contribution in [0.25, 0.3) is 0 Å². The molecule has 0 aromatic rings. The second-order valence-electron chi connectivity index (χ2n) is 18.9. The Morgan fingerprint density at radius 1 is 0.167 bits per heavy atom. The molecule has 22 heteroatoms. The molecule has 0 rings (SSSR count). The first-order valence-corrected chi connectivity index (χ1v) is 14.3. The van der Waals surface area contributed by atoms with E-state index in [1.54, 1.807) is 0 Å². The van der Waals surface area contributed by atoms with E-state index in [-0.39, 0.29) is 279 Å². The first-order valence-electron chi connectivity index (χ1n) is 14.3. The molecule has 0 amide bonds. The van der Waals surface area contributed by atoms with Gasteiger partial charge in [-0.3, -0.25) is 0 Å². The van der Waals surface area contributed by atoms with Crippen LogP contribution in [0, 0.1) is 0 Å². The van der Waals surface area contributed by atoms with Gasteiger partial charge in [0, 0.05) is 129 Å². The maximum Gasteiger partial charge on any atom is 2.00 e. The molecule has 0 saturated heterocycles. The Balaban J connectivity index is -0.0000000104. The Kier molecular flexibility index (Phi) is 184. The minimum Gasteiger partial charge on any atom is -2.00 e. The van der Waals surface area contributed by atoms with Crippen LogP contribution in [0.4, 0.5) is 0 Å². The van der Waals surface area contributed by atoms with Crippen LogP contribution in [-0.4, -0.2) is 44.3 Å². The van der Waals surface area contributed by atoms with Crippen LogP contribution in [0.2, 0.25) is 0 Å². The molecule has 0 aliphatic rings. The third-order valence-electron chi connectivity index (χ3n) is 0. The zero-order valence-electron chi connectivity index (χ0n) is 38.3. The Bertz CT molecular complexity index is 355. The standard InChI is InChI=1S/8C4H11N.8S.6W/c8*1-4(2,3)5;;;;;;;;;;;;;;/h8*5H2,1-3H3;;;;;;;;;;;;;;/q;;;;;;;;8*-2;;;;;2*+2. The van der Waals surface area contributed by atoms with Gasteiger partial charge in [0.05, 0.1) is 0 Å². The topological polar surface area (TPSA) is 208 Å². The van der Waals surface area contributed by atoms with Crippen molar-refractivity contribution in [3.63, 3.8) is 0 Å². The monoisotopic (exact) mass is 1940 g/mol. The normalized spacial score (nSPS) is 8.89. The Morgan fingerprint density at radius 2 is 0.167 bits per heavy atom. The van der Waals surface area contributed by atoms with E-state index in [0.717, 1.165) is 0 Å². The van der Waals surface area contributed by atoms with E-state index in [9.17, 15) is 0 Å². The maximum atomic E-state index is 5.35. The Hall–Kier alpha value is 6.61. The summed E-state index contributed by atoms with van der Waals surface area (Å²) in [6.45, 7) is 47.2. The van der Waals surface area contributed by atoms with E-state index in [1.165, 1.54) is 0 Å². The summed E-state index contributed by atoms with van der Waals surface area (Å²) in [5, 5.41) is 0. The molecular weight excluding hydrogens is 1860 g/mol. The van der Waals surface area contributed by atoms with Gasteiger partial charge in [0.25, 0.3) is 0 Å². The summed E-state index contributed by atoms with van der Waals surface area (Å²) in [6.07, 6.45) is 0. The fourth-order valence-corrected chi connectivity index (χ4v) is 0. The van der Waals surface area contributed by atoms with Crippen LogP contribution < -0.4 is 45.9 Å². The molecule has 0 radical (unpaired) electrons. The average Bonchev–Trinajstić information content (AvgIpc) is 2.16.